The number of fused-ring (bicyclic) bond motifs is 1. The lowest BCUT2D eigenvalue weighted by Gasteiger charge is -2.14. The second-order valence-corrected chi connectivity index (χ2v) is 3.79. The molecule has 1 heterocycles. The van der Waals surface area contributed by atoms with Gasteiger partial charge >= 0.3 is 0 Å². The fourth-order valence-electron chi connectivity index (χ4n) is 1.48. The molecule has 2 rings (SSSR count). The second kappa shape index (κ2) is 4.53. The molecule has 0 fully saturated rings. The SMILES string of the molecule is CCC(C)=Nc1cc2c(cc1F)OCC=[N+]2[O-]. The van der Waals surface area contributed by atoms with E-state index in [-0.39, 0.29) is 18.0 Å². The highest BCUT2D eigenvalue weighted by Crippen LogP contribution is 2.35. The molecule has 0 aliphatic carbocycles. The first-order valence-corrected chi connectivity index (χ1v) is 5.42. The van der Waals surface area contributed by atoms with Crippen molar-refractivity contribution < 1.29 is 13.9 Å². The number of nitrogens with zero attached hydrogens (tertiary/aromatic N) is 2. The quantitative estimate of drug-likeness (QED) is 0.450. The van der Waals surface area contributed by atoms with E-state index in [4.69, 9.17) is 4.74 Å². The van der Waals surface area contributed by atoms with Crippen LogP contribution in [-0.4, -0.2) is 23.3 Å². The molecule has 0 atom stereocenters. The lowest BCUT2D eigenvalue weighted by molar-refractivity contribution is -0.361. The monoisotopic (exact) mass is 236 g/mol. The van der Waals surface area contributed by atoms with E-state index >= 15 is 0 Å². The summed E-state index contributed by atoms with van der Waals surface area (Å²) in [6.45, 7) is 3.91. The molecule has 0 unspecified atom stereocenters. The van der Waals surface area contributed by atoms with E-state index in [1.54, 1.807) is 0 Å². The van der Waals surface area contributed by atoms with E-state index in [1.807, 2.05) is 13.8 Å². The van der Waals surface area contributed by atoms with E-state index in [1.165, 1.54) is 18.3 Å². The van der Waals surface area contributed by atoms with Crippen molar-refractivity contribution in [2.24, 2.45) is 4.99 Å². The van der Waals surface area contributed by atoms with Crippen molar-refractivity contribution in [1.29, 1.82) is 0 Å². The predicted molar refractivity (Wildman–Crippen MR) is 64.3 cm³/mol. The number of benzene rings is 1. The van der Waals surface area contributed by atoms with E-state index in [2.05, 4.69) is 4.99 Å². The van der Waals surface area contributed by atoms with Crippen molar-refractivity contribution >= 4 is 23.3 Å². The van der Waals surface area contributed by atoms with Gasteiger partial charge in [-0.3, -0.25) is 4.99 Å². The highest BCUT2D eigenvalue weighted by molar-refractivity contribution is 5.84. The molecule has 0 spiro atoms. The predicted octanol–water partition coefficient (Wildman–Crippen LogP) is 2.93. The molecule has 1 aliphatic rings. The molecule has 0 saturated carbocycles. The van der Waals surface area contributed by atoms with Gasteiger partial charge in [0.25, 0.3) is 5.69 Å². The van der Waals surface area contributed by atoms with Gasteiger partial charge in [-0.1, -0.05) is 6.92 Å². The normalized spacial score (nSPS) is 15.0. The van der Waals surface area contributed by atoms with Crippen LogP contribution in [0.1, 0.15) is 20.3 Å². The summed E-state index contributed by atoms with van der Waals surface area (Å²) in [4.78, 5) is 4.13. The highest BCUT2D eigenvalue weighted by atomic mass is 19.1. The van der Waals surface area contributed by atoms with Crippen LogP contribution < -0.4 is 4.74 Å². The van der Waals surface area contributed by atoms with Gasteiger partial charge in [0.15, 0.2) is 24.4 Å². The van der Waals surface area contributed by atoms with Gasteiger partial charge in [0.1, 0.15) is 5.69 Å². The molecule has 4 nitrogen and oxygen atoms in total. The van der Waals surface area contributed by atoms with Crippen LogP contribution in [0.2, 0.25) is 0 Å². The summed E-state index contributed by atoms with van der Waals surface area (Å²) < 4.78 is 19.5. The maximum Gasteiger partial charge on any atom is 0.261 e. The van der Waals surface area contributed by atoms with Crippen LogP contribution in [0, 0.1) is 11.0 Å². The molecule has 1 aromatic rings. The highest BCUT2D eigenvalue weighted by Gasteiger charge is 2.20. The Morgan fingerprint density at radius 3 is 3.06 bits per heavy atom. The van der Waals surface area contributed by atoms with Gasteiger partial charge in [0.2, 0.25) is 0 Å². The van der Waals surface area contributed by atoms with Crippen molar-refractivity contribution in [2.75, 3.05) is 6.61 Å². The Labute approximate surface area is 98.6 Å². The Morgan fingerprint density at radius 1 is 1.59 bits per heavy atom. The van der Waals surface area contributed by atoms with Gasteiger partial charge < -0.3 is 9.94 Å². The van der Waals surface area contributed by atoms with Crippen LogP contribution in [-0.2, 0) is 0 Å². The molecule has 1 aliphatic heterocycles. The smallest absolute Gasteiger partial charge is 0.261 e. The van der Waals surface area contributed by atoms with Crippen LogP contribution in [0.25, 0.3) is 0 Å². The lowest BCUT2D eigenvalue weighted by atomic mass is 10.2. The largest absolute Gasteiger partial charge is 0.618 e. The van der Waals surface area contributed by atoms with Gasteiger partial charge in [0, 0.05) is 17.8 Å². The Hall–Kier alpha value is -1.91. The summed E-state index contributed by atoms with van der Waals surface area (Å²) in [5, 5.41) is 11.5. The lowest BCUT2D eigenvalue weighted by Crippen LogP contribution is -2.13. The van der Waals surface area contributed by atoms with Crippen LogP contribution in [0.4, 0.5) is 15.8 Å². The number of ether oxygens (including phenoxy) is 1. The fraction of sp³-hybridized carbons (Fsp3) is 0.333. The number of halogens is 1. The number of hydrogen-bond donors (Lipinski definition) is 0. The third-order valence-corrected chi connectivity index (χ3v) is 2.57. The summed E-state index contributed by atoms with van der Waals surface area (Å²) in [5.74, 6) is -0.222. The molecule has 0 aromatic heterocycles. The van der Waals surface area contributed by atoms with E-state index < -0.39 is 5.82 Å². The third kappa shape index (κ3) is 2.27. The molecule has 90 valence electrons. The zero-order valence-electron chi connectivity index (χ0n) is 9.74. The number of aliphatic imine (C=N–C) groups is 1. The van der Waals surface area contributed by atoms with Crippen molar-refractivity contribution in [1.82, 2.24) is 0 Å². The van der Waals surface area contributed by atoms with Crippen LogP contribution in [0.5, 0.6) is 5.75 Å². The van der Waals surface area contributed by atoms with Gasteiger partial charge in [-0.25, -0.2) is 4.39 Å². The van der Waals surface area contributed by atoms with E-state index in [0.29, 0.717) is 10.4 Å². The number of hydrogen-bond acceptors (Lipinski definition) is 3. The Balaban J connectivity index is 2.50. The molecular weight excluding hydrogens is 223 g/mol. The third-order valence-electron chi connectivity index (χ3n) is 2.57. The second-order valence-electron chi connectivity index (χ2n) is 3.79. The standard InChI is InChI=1S/C12H13FN2O2/c1-3-8(2)14-10-7-11-12(6-9(10)13)17-5-4-15(11)16/h4,6-7H,3,5H2,1-2H3. The van der Waals surface area contributed by atoms with Crippen molar-refractivity contribution in [2.45, 2.75) is 20.3 Å². The van der Waals surface area contributed by atoms with E-state index in [0.717, 1.165) is 12.1 Å². The molecule has 17 heavy (non-hydrogen) atoms. The van der Waals surface area contributed by atoms with Gasteiger partial charge in [-0.2, -0.15) is 4.74 Å². The van der Waals surface area contributed by atoms with Crippen LogP contribution in [0.3, 0.4) is 0 Å². The maximum atomic E-state index is 13.7. The minimum atomic E-state index is -0.480. The van der Waals surface area contributed by atoms with Gasteiger partial charge in [-0.15, -0.1) is 0 Å². The minimum Gasteiger partial charge on any atom is -0.618 e. The average Bonchev–Trinajstić information content (AvgIpc) is 2.31. The first-order chi connectivity index (χ1) is 8.11. The van der Waals surface area contributed by atoms with Gasteiger partial charge in [0.05, 0.1) is 0 Å². The molecule has 0 N–H and O–H groups in total. The Bertz CT molecular complexity index is 509. The molecule has 0 bridgehead atoms. The average molecular weight is 236 g/mol. The molecule has 5 heteroatoms. The summed E-state index contributed by atoms with van der Waals surface area (Å²) >= 11 is 0. The topological polar surface area (TPSA) is 47.7 Å². The molecule has 0 saturated heterocycles. The van der Waals surface area contributed by atoms with Crippen molar-refractivity contribution in [3.05, 3.63) is 23.2 Å². The van der Waals surface area contributed by atoms with Crippen LogP contribution in [0.15, 0.2) is 17.1 Å². The fourth-order valence-corrected chi connectivity index (χ4v) is 1.48. The molecule has 0 amide bonds. The Morgan fingerprint density at radius 2 is 2.35 bits per heavy atom. The number of rotatable bonds is 2. The molecule has 1 aromatic carbocycles. The molecular formula is C12H13FN2O2. The Kier molecular flexibility index (Phi) is 3.08. The summed E-state index contributed by atoms with van der Waals surface area (Å²) in [6, 6.07) is 2.61. The molecule has 0 radical (unpaired) electrons. The van der Waals surface area contributed by atoms with Crippen molar-refractivity contribution in [3.8, 4) is 5.75 Å². The minimum absolute atomic E-state index is 0.159. The maximum absolute atomic E-state index is 13.7. The van der Waals surface area contributed by atoms with Crippen LogP contribution >= 0.6 is 0 Å². The van der Waals surface area contributed by atoms with Gasteiger partial charge in [-0.05, 0) is 13.3 Å². The van der Waals surface area contributed by atoms with E-state index in [9.17, 15) is 9.60 Å². The van der Waals surface area contributed by atoms with Crippen molar-refractivity contribution in [3.63, 3.8) is 0 Å². The summed E-state index contributed by atoms with van der Waals surface area (Å²) in [7, 11) is 0. The zero-order chi connectivity index (χ0) is 12.4. The summed E-state index contributed by atoms with van der Waals surface area (Å²) in [5.41, 5.74) is 1.27. The zero-order valence-corrected chi connectivity index (χ0v) is 9.74. The first-order valence-electron chi connectivity index (χ1n) is 5.42. The summed E-state index contributed by atoms with van der Waals surface area (Å²) in [6.07, 6.45) is 2.08. The first kappa shape index (κ1) is 11.6.